The molecule has 0 spiro atoms. The molecular formula is C69H123NO13. The number of unbranched alkanes of at least 4 members (excludes halogenated alkanes) is 31. The number of nitrogens with one attached hydrogen (secondary N) is 1. The maximum Gasteiger partial charge on any atom is 0.220 e. The first-order chi connectivity index (χ1) is 40.6. The van der Waals surface area contributed by atoms with Crippen molar-refractivity contribution in [3.05, 3.63) is 72.9 Å². The lowest BCUT2D eigenvalue weighted by Gasteiger charge is -2.46. The number of aliphatic hydroxyl groups is 8. The second-order valence-electron chi connectivity index (χ2n) is 23.6. The van der Waals surface area contributed by atoms with Crippen LogP contribution in [0.3, 0.4) is 0 Å². The van der Waals surface area contributed by atoms with Crippen LogP contribution in [0.25, 0.3) is 0 Å². The van der Waals surface area contributed by atoms with Gasteiger partial charge in [-0.2, -0.15) is 0 Å². The van der Waals surface area contributed by atoms with Gasteiger partial charge in [0, 0.05) is 6.42 Å². The van der Waals surface area contributed by atoms with Crippen molar-refractivity contribution in [2.45, 2.75) is 338 Å². The number of aliphatic hydroxyl groups excluding tert-OH is 8. The maximum atomic E-state index is 13.3. The van der Waals surface area contributed by atoms with Crippen LogP contribution in [0, 0.1) is 0 Å². The number of ether oxygens (including phenoxy) is 4. The van der Waals surface area contributed by atoms with Gasteiger partial charge in [-0.25, -0.2) is 0 Å². The molecule has 2 heterocycles. The Morgan fingerprint density at radius 2 is 0.843 bits per heavy atom. The van der Waals surface area contributed by atoms with Crippen LogP contribution < -0.4 is 5.32 Å². The molecule has 0 aromatic rings. The van der Waals surface area contributed by atoms with Gasteiger partial charge in [-0.3, -0.25) is 4.79 Å². The average molecular weight is 1170 g/mol. The zero-order valence-electron chi connectivity index (χ0n) is 52.2. The number of hydrogen-bond donors (Lipinski definition) is 9. The van der Waals surface area contributed by atoms with Crippen molar-refractivity contribution >= 4 is 5.91 Å². The van der Waals surface area contributed by atoms with E-state index in [-0.39, 0.29) is 18.9 Å². The van der Waals surface area contributed by atoms with E-state index >= 15 is 0 Å². The number of carbonyl (C=O) groups is 1. The molecule has 2 aliphatic heterocycles. The third-order valence-corrected chi connectivity index (χ3v) is 16.1. The van der Waals surface area contributed by atoms with Crippen molar-refractivity contribution in [1.29, 1.82) is 0 Å². The highest BCUT2D eigenvalue weighted by molar-refractivity contribution is 5.76. The summed E-state index contributed by atoms with van der Waals surface area (Å²) in [4.78, 5) is 13.3. The SMILES string of the molecule is CC/C=C\C/C=C\C/C=C\C/C=C\CCCCCCCCCCCCCCCCCCCCC(=O)NC(COC1OC(CO)C(OC2OC(CO)C(O)C(O)C2O)C(O)C1O)C(O)/C=C/CC/C=C/CCCCCCCCCCCCCC. The van der Waals surface area contributed by atoms with Gasteiger partial charge in [-0.1, -0.05) is 260 Å². The van der Waals surface area contributed by atoms with Crippen LogP contribution in [0.2, 0.25) is 0 Å². The lowest BCUT2D eigenvalue weighted by Crippen LogP contribution is -2.65. The highest BCUT2D eigenvalue weighted by Crippen LogP contribution is 2.30. The smallest absolute Gasteiger partial charge is 0.220 e. The van der Waals surface area contributed by atoms with Crippen LogP contribution in [0.15, 0.2) is 72.9 Å². The Bertz CT molecular complexity index is 1670. The van der Waals surface area contributed by atoms with Crippen LogP contribution in [0.5, 0.6) is 0 Å². The second-order valence-corrected chi connectivity index (χ2v) is 23.6. The van der Waals surface area contributed by atoms with Gasteiger partial charge in [0.05, 0.1) is 32.0 Å². The predicted molar refractivity (Wildman–Crippen MR) is 337 cm³/mol. The highest BCUT2D eigenvalue weighted by Gasteiger charge is 2.51. The van der Waals surface area contributed by atoms with Gasteiger partial charge < -0.3 is 65.1 Å². The minimum atomic E-state index is -1.79. The summed E-state index contributed by atoms with van der Waals surface area (Å²) in [7, 11) is 0. The average Bonchev–Trinajstić information content (AvgIpc) is 3.64. The first kappa shape index (κ1) is 76.5. The summed E-state index contributed by atoms with van der Waals surface area (Å²) < 4.78 is 22.8. The number of allylic oxidation sites excluding steroid dienone is 11. The molecule has 12 unspecified atom stereocenters. The minimum Gasteiger partial charge on any atom is -0.394 e. The molecule has 482 valence electrons. The Morgan fingerprint density at radius 3 is 1.33 bits per heavy atom. The monoisotopic (exact) mass is 1170 g/mol. The molecule has 83 heavy (non-hydrogen) atoms. The lowest BCUT2D eigenvalue weighted by atomic mass is 9.97. The quantitative estimate of drug-likeness (QED) is 0.0204. The van der Waals surface area contributed by atoms with Crippen molar-refractivity contribution in [3.8, 4) is 0 Å². The van der Waals surface area contributed by atoms with E-state index in [9.17, 15) is 45.6 Å². The predicted octanol–water partition coefficient (Wildman–Crippen LogP) is 13.1. The van der Waals surface area contributed by atoms with Crippen molar-refractivity contribution in [3.63, 3.8) is 0 Å². The molecule has 2 saturated heterocycles. The third kappa shape index (κ3) is 38.4. The van der Waals surface area contributed by atoms with Crippen molar-refractivity contribution in [2.24, 2.45) is 0 Å². The number of rotatable bonds is 54. The topological polar surface area (TPSA) is 228 Å². The molecular weight excluding hydrogens is 1050 g/mol. The Morgan fingerprint density at radius 1 is 0.446 bits per heavy atom. The van der Waals surface area contributed by atoms with E-state index in [0.29, 0.717) is 12.8 Å². The Labute approximate surface area is 504 Å². The first-order valence-electron chi connectivity index (χ1n) is 33.7. The van der Waals surface area contributed by atoms with E-state index in [4.69, 9.17) is 18.9 Å². The van der Waals surface area contributed by atoms with Crippen molar-refractivity contribution in [1.82, 2.24) is 5.32 Å². The van der Waals surface area contributed by atoms with Crippen LogP contribution >= 0.6 is 0 Å². The van der Waals surface area contributed by atoms with E-state index in [1.165, 1.54) is 173 Å². The number of hydrogen-bond acceptors (Lipinski definition) is 13. The molecule has 2 aliphatic rings. The summed E-state index contributed by atoms with van der Waals surface area (Å²) in [6.07, 6.45) is 55.3. The summed E-state index contributed by atoms with van der Waals surface area (Å²) in [5.41, 5.74) is 0. The molecule has 1 amide bonds. The molecule has 12 atom stereocenters. The van der Waals surface area contributed by atoms with Crippen molar-refractivity contribution in [2.75, 3.05) is 19.8 Å². The largest absolute Gasteiger partial charge is 0.394 e. The molecule has 14 heteroatoms. The molecule has 2 rings (SSSR count). The summed E-state index contributed by atoms with van der Waals surface area (Å²) in [6, 6.07) is -0.934. The number of amides is 1. The summed E-state index contributed by atoms with van der Waals surface area (Å²) in [5.74, 6) is -0.248. The summed E-state index contributed by atoms with van der Waals surface area (Å²) in [6.45, 7) is 2.69. The zero-order chi connectivity index (χ0) is 60.2. The van der Waals surface area contributed by atoms with Crippen LogP contribution in [0.4, 0.5) is 0 Å². The standard InChI is InChI=1S/C69H123NO13/c1-3-5-7-9-11-13-15-17-19-21-23-24-25-26-27-28-29-30-31-32-33-34-35-37-39-41-43-45-47-49-51-53-61(74)70-57(58(73)52-50-48-46-44-42-40-38-36-22-20-18-16-14-12-10-8-6-4-2)56-80-68-66(79)64(77)67(60(55-72)82-68)83-69-65(78)63(76)62(75)59(54-71)81-69/h5,7,11,13,17,19,23-24,42,44,50,52,57-60,62-69,71-73,75-79H,3-4,6,8-10,12,14-16,18,20-22,25-41,43,45-49,51,53-56H2,1-2H3,(H,70,74)/b7-5-,13-11-,19-17-,24-23-,44-42+,52-50+. The van der Waals surface area contributed by atoms with E-state index in [1.807, 2.05) is 6.08 Å². The fourth-order valence-corrected chi connectivity index (χ4v) is 10.8. The molecule has 0 radical (unpaired) electrons. The van der Waals surface area contributed by atoms with Gasteiger partial charge >= 0.3 is 0 Å². The third-order valence-electron chi connectivity index (χ3n) is 16.1. The van der Waals surface area contributed by atoms with Crippen molar-refractivity contribution < 1.29 is 64.6 Å². The summed E-state index contributed by atoms with van der Waals surface area (Å²) >= 11 is 0. The molecule has 0 aromatic carbocycles. The molecule has 0 aliphatic carbocycles. The van der Waals surface area contributed by atoms with Gasteiger partial charge in [-0.05, 0) is 70.6 Å². The maximum absolute atomic E-state index is 13.3. The van der Waals surface area contributed by atoms with Gasteiger partial charge in [0.2, 0.25) is 5.91 Å². The molecule has 14 nitrogen and oxygen atoms in total. The van der Waals surface area contributed by atoms with Gasteiger partial charge in [0.25, 0.3) is 0 Å². The van der Waals surface area contributed by atoms with Crippen LogP contribution in [0.1, 0.15) is 264 Å². The molecule has 0 saturated carbocycles. The number of carbonyl (C=O) groups excluding carboxylic acids is 1. The van der Waals surface area contributed by atoms with Gasteiger partial charge in [0.1, 0.15) is 48.8 Å². The summed E-state index contributed by atoms with van der Waals surface area (Å²) in [5, 5.41) is 87.3. The molecule has 9 N–H and O–H groups in total. The van der Waals surface area contributed by atoms with E-state index in [0.717, 1.165) is 57.8 Å². The normalized spacial score (nSPS) is 24.3. The fraction of sp³-hybridized carbons (Fsp3) is 0.812. The second kappa shape index (κ2) is 53.7. The molecule has 0 aromatic heterocycles. The lowest BCUT2D eigenvalue weighted by molar-refractivity contribution is -0.359. The zero-order valence-corrected chi connectivity index (χ0v) is 52.2. The minimum absolute atomic E-state index is 0.248. The highest BCUT2D eigenvalue weighted by atomic mass is 16.7. The Hall–Kier alpha value is -2.57. The van der Waals surface area contributed by atoms with Gasteiger partial charge in [-0.15, -0.1) is 0 Å². The van der Waals surface area contributed by atoms with Crippen LogP contribution in [-0.4, -0.2) is 140 Å². The van der Waals surface area contributed by atoms with E-state index < -0.39 is 86.8 Å². The Kier molecular flexibility index (Phi) is 49.5. The molecule has 2 fully saturated rings. The van der Waals surface area contributed by atoms with Crippen LogP contribution in [-0.2, 0) is 23.7 Å². The first-order valence-corrected chi connectivity index (χ1v) is 33.7. The van der Waals surface area contributed by atoms with E-state index in [1.54, 1.807) is 6.08 Å². The molecule has 0 bridgehead atoms. The van der Waals surface area contributed by atoms with Gasteiger partial charge in [0.15, 0.2) is 12.6 Å². The fourth-order valence-electron chi connectivity index (χ4n) is 10.8. The Balaban J connectivity index is 1.67. The van der Waals surface area contributed by atoms with E-state index in [2.05, 4.69) is 79.9 Å².